The second-order valence-corrected chi connectivity index (χ2v) is 8.92. The van der Waals surface area contributed by atoms with Crippen LogP contribution in [0.4, 0.5) is 0 Å². The summed E-state index contributed by atoms with van der Waals surface area (Å²) >= 11 is 0. The molecule has 1 saturated carbocycles. The number of rotatable bonds is 4. The van der Waals surface area contributed by atoms with Crippen LogP contribution in [0.2, 0.25) is 0 Å². The standard InChI is InChI=1S/C24H30O7/c1-12-8-9-24-11-18(30-13(2)25)22(31-14(3)26)23(29-5)20(24)16(12)10-15-6-7-17(28-4)21(27)19(15)24/h6-7,12,16,18,22,27H,8-11H2,1-5H3/t12?,16-,18?,22?,24+/m0/s1. The predicted octanol–water partition coefficient (Wildman–Crippen LogP) is 3.41. The third-order valence-corrected chi connectivity index (χ3v) is 7.21. The first-order valence-electron chi connectivity index (χ1n) is 10.8. The Morgan fingerprint density at radius 1 is 1.10 bits per heavy atom. The van der Waals surface area contributed by atoms with Crippen LogP contribution < -0.4 is 4.74 Å². The van der Waals surface area contributed by atoms with Crippen molar-refractivity contribution in [3.05, 3.63) is 34.6 Å². The first-order valence-corrected chi connectivity index (χ1v) is 10.8. The van der Waals surface area contributed by atoms with Crippen LogP contribution in [0, 0.1) is 11.8 Å². The molecule has 0 amide bonds. The zero-order chi connectivity index (χ0) is 22.5. The Hall–Kier alpha value is -2.70. The van der Waals surface area contributed by atoms with E-state index in [4.69, 9.17) is 18.9 Å². The van der Waals surface area contributed by atoms with Crippen molar-refractivity contribution >= 4 is 11.9 Å². The fraction of sp³-hybridized carbons (Fsp3) is 0.583. The highest BCUT2D eigenvalue weighted by Crippen LogP contribution is 2.62. The Bertz CT molecular complexity index is 949. The summed E-state index contributed by atoms with van der Waals surface area (Å²) in [5.74, 6) is 0.728. The van der Waals surface area contributed by atoms with Crippen LogP contribution in [-0.4, -0.2) is 43.5 Å². The molecule has 4 rings (SSSR count). The Kier molecular flexibility index (Phi) is 5.40. The molecular formula is C24H30O7. The van der Waals surface area contributed by atoms with E-state index < -0.39 is 29.6 Å². The zero-order valence-corrected chi connectivity index (χ0v) is 18.7. The molecule has 168 valence electrons. The number of methoxy groups -OCH3 is 2. The number of phenols is 1. The van der Waals surface area contributed by atoms with Crippen molar-refractivity contribution in [1.29, 1.82) is 0 Å². The van der Waals surface area contributed by atoms with Crippen LogP contribution >= 0.6 is 0 Å². The Morgan fingerprint density at radius 3 is 2.42 bits per heavy atom. The molecule has 0 saturated heterocycles. The number of fused-ring (bicyclic) bond motifs is 1. The van der Waals surface area contributed by atoms with Gasteiger partial charge in [0, 0.05) is 31.2 Å². The average Bonchev–Trinajstić information content (AvgIpc) is 2.70. The summed E-state index contributed by atoms with van der Waals surface area (Å²) in [4.78, 5) is 23.9. The number of hydrogen-bond donors (Lipinski definition) is 1. The molecule has 1 N–H and O–H groups in total. The van der Waals surface area contributed by atoms with E-state index in [2.05, 4.69) is 6.92 Å². The number of carbonyl (C=O) groups excluding carboxylic acids is 2. The summed E-state index contributed by atoms with van der Waals surface area (Å²) < 4.78 is 22.6. The molecule has 0 aliphatic heterocycles. The van der Waals surface area contributed by atoms with Gasteiger partial charge < -0.3 is 24.1 Å². The third kappa shape index (κ3) is 3.25. The maximum Gasteiger partial charge on any atom is 0.303 e. The number of phenolic OH excluding ortho intramolecular Hbond substituents is 1. The van der Waals surface area contributed by atoms with E-state index in [9.17, 15) is 14.7 Å². The fourth-order valence-electron chi connectivity index (χ4n) is 6.09. The van der Waals surface area contributed by atoms with Crippen LogP contribution in [0.25, 0.3) is 0 Å². The summed E-state index contributed by atoms with van der Waals surface area (Å²) in [6.07, 6.45) is 1.37. The van der Waals surface area contributed by atoms with E-state index in [0.29, 0.717) is 23.8 Å². The van der Waals surface area contributed by atoms with Crippen LogP contribution in [0.1, 0.15) is 51.2 Å². The van der Waals surface area contributed by atoms with E-state index in [1.165, 1.54) is 21.0 Å². The average molecular weight is 430 g/mol. The van der Waals surface area contributed by atoms with Crippen molar-refractivity contribution in [2.45, 2.75) is 64.1 Å². The van der Waals surface area contributed by atoms with Crippen molar-refractivity contribution in [3.63, 3.8) is 0 Å². The second-order valence-electron chi connectivity index (χ2n) is 8.92. The molecule has 7 heteroatoms. The largest absolute Gasteiger partial charge is 0.504 e. The number of hydrogen-bond acceptors (Lipinski definition) is 7. The van der Waals surface area contributed by atoms with Crippen LogP contribution in [0.3, 0.4) is 0 Å². The number of allylic oxidation sites excluding steroid dienone is 1. The minimum atomic E-state index is -0.809. The minimum absolute atomic E-state index is 0.119. The highest BCUT2D eigenvalue weighted by Gasteiger charge is 2.59. The molecule has 0 heterocycles. The molecule has 5 atom stereocenters. The summed E-state index contributed by atoms with van der Waals surface area (Å²) in [5.41, 5.74) is 2.37. The van der Waals surface area contributed by atoms with Crippen molar-refractivity contribution in [2.24, 2.45) is 11.8 Å². The molecule has 0 aromatic heterocycles. The maximum atomic E-state index is 11.9. The maximum absolute atomic E-state index is 11.9. The zero-order valence-electron chi connectivity index (χ0n) is 18.7. The molecule has 0 spiro atoms. The molecule has 2 bridgehead atoms. The first kappa shape index (κ1) is 21.5. The number of benzene rings is 1. The second kappa shape index (κ2) is 7.77. The Morgan fingerprint density at radius 2 is 1.81 bits per heavy atom. The highest BCUT2D eigenvalue weighted by atomic mass is 16.6. The fourth-order valence-corrected chi connectivity index (χ4v) is 6.09. The molecule has 1 fully saturated rings. The summed E-state index contributed by atoms with van der Waals surface area (Å²) in [6, 6.07) is 3.81. The van der Waals surface area contributed by atoms with Crippen molar-refractivity contribution in [3.8, 4) is 11.5 Å². The van der Waals surface area contributed by atoms with Gasteiger partial charge >= 0.3 is 11.9 Å². The van der Waals surface area contributed by atoms with Gasteiger partial charge in [-0.05, 0) is 48.3 Å². The number of carbonyl (C=O) groups is 2. The van der Waals surface area contributed by atoms with Crippen LogP contribution in [-0.2, 0) is 35.6 Å². The highest BCUT2D eigenvalue weighted by molar-refractivity contribution is 5.69. The SMILES string of the molecule is COC1=C2[C@H]3Cc4ccc(OC)c(O)c4[C@@]2(CCC3C)CC(OC(C)=O)C1OC(C)=O. The van der Waals surface area contributed by atoms with E-state index >= 15 is 0 Å². The smallest absolute Gasteiger partial charge is 0.303 e. The van der Waals surface area contributed by atoms with Gasteiger partial charge in [-0.2, -0.15) is 0 Å². The molecule has 3 aliphatic rings. The van der Waals surface area contributed by atoms with E-state index in [-0.39, 0.29) is 11.7 Å². The lowest BCUT2D eigenvalue weighted by Gasteiger charge is -2.56. The molecule has 0 radical (unpaired) electrons. The molecule has 1 aromatic carbocycles. The normalized spacial score (nSPS) is 31.3. The van der Waals surface area contributed by atoms with Gasteiger partial charge in [-0.15, -0.1) is 0 Å². The van der Waals surface area contributed by atoms with Gasteiger partial charge in [-0.25, -0.2) is 0 Å². The monoisotopic (exact) mass is 430 g/mol. The van der Waals surface area contributed by atoms with Gasteiger partial charge in [0.1, 0.15) is 11.9 Å². The lowest BCUT2D eigenvalue weighted by molar-refractivity contribution is -0.169. The third-order valence-electron chi connectivity index (χ3n) is 7.21. The van der Waals surface area contributed by atoms with Crippen molar-refractivity contribution in [1.82, 2.24) is 0 Å². The van der Waals surface area contributed by atoms with Crippen molar-refractivity contribution < 1.29 is 33.6 Å². The van der Waals surface area contributed by atoms with Gasteiger partial charge in [0.2, 0.25) is 0 Å². The van der Waals surface area contributed by atoms with E-state index in [0.717, 1.165) is 36.0 Å². The molecule has 1 aromatic rings. The van der Waals surface area contributed by atoms with Gasteiger partial charge in [0.15, 0.2) is 17.6 Å². The number of esters is 2. The van der Waals surface area contributed by atoms with E-state index in [1.807, 2.05) is 6.07 Å². The number of ether oxygens (including phenoxy) is 4. The number of aromatic hydroxyl groups is 1. The van der Waals surface area contributed by atoms with Gasteiger partial charge in [0.05, 0.1) is 14.2 Å². The lowest BCUT2D eigenvalue weighted by atomic mass is 9.50. The molecule has 3 unspecified atom stereocenters. The molecule has 3 aliphatic carbocycles. The summed E-state index contributed by atoms with van der Waals surface area (Å²) in [5, 5.41) is 11.2. The summed E-state index contributed by atoms with van der Waals surface area (Å²) in [7, 11) is 3.09. The van der Waals surface area contributed by atoms with Crippen LogP contribution in [0.5, 0.6) is 11.5 Å². The van der Waals surface area contributed by atoms with Gasteiger partial charge in [0.25, 0.3) is 0 Å². The van der Waals surface area contributed by atoms with Crippen molar-refractivity contribution in [2.75, 3.05) is 14.2 Å². The topological polar surface area (TPSA) is 91.3 Å². The Labute approximate surface area is 182 Å². The van der Waals surface area contributed by atoms with Gasteiger partial charge in [-0.3, -0.25) is 9.59 Å². The Balaban J connectivity index is 2.01. The predicted molar refractivity (Wildman–Crippen MR) is 112 cm³/mol. The quantitative estimate of drug-likeness (QED) is 0.732. The summed E-state index contributed by atoms with van der Waals surface area (Å²) in [6.45, 7) is 4.90. The molecule has 7 nitrogen and oxygen atoms in total. The molecule has 31 heavy (non-hydrogen) atoms. The van der Waals surface area contributed by atoms with Gasteiger partial charge in [-0.1, -0.05) is 13.0 Å². The minimum Gasteiger partial charge on any atom is -0.504 e. The lowest BCUT2D eigenvalue weighted by Crippen LogP contribution is -2.55. The van der Waals surface area contributed by atoms with E-state index in [1.54, 1.807) is 13.2 Å². The first-order chi connectivity index (χ1) is 14.7. The van der Waals surface area contributed by atoms with Crippen LogP contribution in [0.15, 0.2) is 23.5 Å². The molecular weight excluding hydrogens is 400 g/mol.